The summed E-state index contributed by atoms with van der Waals surface area (Å²) in [5, 5.41) is 10.0. The van der Waals surface area contributed by atoms with Crippen LogP contribution in [0.25, 0.3) is 28.3 Å². The van der Waals surface area contributed by atoms with E-state index in [1.54, 1.807) is 28.9 Å². The SMILES string of the molecule is Cc1nc(-c2ccc(F)cc2)c(-c2ccc3nc(NC(=O)C4CCC(=O)N4)cn3n2)n1C. The van der Waals surface area contributed by atoms with Gasteiger partial charge in [0.05, 0.1) is 17.6 Å². The zero-order valence-electron chi connectivity index (χ0n) is 17.5. The highest BCUT2D eigenvalue weighted by Crippen LogP contribution is 2.31. The molecule has 1 aliphatic heterocycles. The Kier molecular flexibility index (Phi) is 4.69. The van der Waals surface area contributed by atoms with Crippen LogP contribution in [0.1, 0.15) is 18.7 Å². The number of amides is 2. The molecule has 0 aliphatic carbocycles. The second-order valence-electron chi connectivity index (χ2n) is 7.72. The Labute approximate surface area is 182 Å². The number of nitrogens with one attached hydrogen (secondary N) is 2. The fourth-order valence-electron chi connectivity index (χ4n) is 3.81. The molecule has 10 heteroatoms. The van der Waals surface area contributed by atoms with E-state index in [1.165, 1.54) is 12.1 Å². The van der Waals surface area contributed by atoms with Gasteiger partial charge in [-0.15, -0.1) is 0 Å². The number of rotatable bonds is 4. The number of benzene rings is 1. The average molecular weight is 433 g/mol. The monoisotopic (exact) mass is 433 g/mol. The van der Waals surface area contributed by atoms with E-state index < -0.39 is 6.04 Å². The molecule has 0 radical (unpaired) electrons. The summed E-state index contributed by atoms with van der Waals surface area (Å²) in [4.78, 5) is 32.8. The number of aryl methyl sites for hydroxylation is 1. The number of anilines is 1. The Morgan fingerprint density at radius 2 is 1.97 bits per heavy atom. The predicted molar refractivity (Wildman–Crippen MR) is 115 cm³/mol. The van der Waals surface area contributed by atoms with Crippen molar-refractivity contribution in [2.45, 2.75) is 25.8 Å². The summed E-state index contributed by atoms with van der Waals surface area (Å²) < 4.78 is 16.9. The lowest BCUT2D eigenvalue weighted by Crippen LogP contribution is -2.37. The van der Waals surface area contributed by atoms with Gasteiger partial charge in [-0.05, 0) is 49.7 Å². The smallest absolute Gasteiger partial charge is 0.248 e. The van der Waals surface area contributed by atoms with Crippen molar-refractivity contribution in [1.82, 2.24) is 29.5 Å². The van der Waals surface area contributed by atoms with Gasteiger partial charge < -0.3 is 15.2 Å². The summed E-state index contributed by atoms with van der Waals surface area (Å²) in [6.07, 6.45) is 2.43. The molecule has 0 spiro atoms. The molecule has 3 aromatic heterocycles. The first-order chi connectivity index (χ1) is 15.4. The van der Waals surface area contributed by atoms with Crippen molar-refractivity contribution in [1.29, 1.82) is 0 Å². The predicted octanol–water partition coefficient (Wildman–Crippen LogP) is 2.46. The maximum atomic E-state index is 13.4. The average Bonchev–Trinajstić information content (AvgIpc) is 3.45. The number of imidazole rings is 2. The molecule has 5 rings (SSSR count). The minimum Gasteiger partial charge on any atom is -0.344 e. The summed E-state index contributed by atoms with van der Waals surface area (Å²) in [5.74, 6) is 0.391. The molecular weight excluding hydrogens is 413 g/mol. The number of hydrogen-bond acceptors (Lipinski definition) is 5. The zero-order valence-corrected chi connectivity index (χ0v) is 17.5. The third-order valence-corrected chi connectivity index (χ3v) is 5.56. The van der Waals surface area contributed by atoms with Crippen LogP contribution in [0.5, 0.6) is 0 Å². The van der Waals surface area contributed by atoms with Crippen LogP contribution in [0.3, 0.4) is 0 Å². The molecule has 1 aromatic carbocycles. The molecule has 1 unspecified atom stereocenters. The van der Waals surface area contributed by atoms with Gasteiger partial charge in [0.15, 0.2) is 11.5 Å². The third kappa shape index (κ3) is 3.49. The van der Waals surface area contributed by atoms with E-state index in [4.69, 9.17) is 0 Å². The molecule has 1 saturated heterocycles. The van der Waals surface area contributed by atoms with Gasteiger partial charge in [0.2, 0.25) is 11.8 Å². The van der Waals surface area contributed by atoms with Crippen molar-refractivity contribution in [3.63, 3.8) is 0 Å². The van der Waals surface area contributed by atoms with Crippen LogP contribution in [0, 0.1) is 12.7 Å². The lowest BCUT2D eigenvalue weighted by molar-refractivity contribution is -0.122. The van der Waals surface area contributed by atoms with Crippen LogP contribution in [-0.2, 0) is 16.6 Å². The van der Waals surface area contributed by atoms with E-state index in [0.29, 0.717) is 35.7 Å². The van der Waals surface area contributed by atoms with Crippen LogP contribution < -0.4 is 10.6 Å². The van der Waals surface area contributed by atoms with Crippen LogP contribution >= 0.6 is 0 Å². The van der Waals surface area contributed by atoms with Gasteiger partial charge >= 0.3 is 0 Å². The van der Waals surface area contributed by atoms with Crippen molar-refractivity contribution in [2.75, 3.05) is 5.32 Å². The molecule has 2 amide bonds. The molecule has 32 heavy (non-hydrogen) atoms. The molecule has 2 N–H and O–H groups in total. The Hall–Kier alpha value is -4.08. The van der Waals surface area contributed by atoms with E-state index >= 15 is 0 Å². The summed E-state index contributed by atoms with van der Waals surface area (Å²) in [7, 11) is 1.89. The number of fused-ring (bicyclic) bond motifs is 1. The molecule has 4 aromatic rings. The minimum absolute atomic E-state index is 0.130. The summed E-state index contributed by atoms with van der Waals surface area (Å²) in [5.41, 5.74) is 3.47. The molecule has 1 fully saturated rings. The van der Waals surface area contributed by atoms with E-state index in [-0.39, 0.29) is 17.6 Å². The second kappa shape index (κ2) is 7.56. The van der Waals surface area contributed by atoms with Crippen molar-refractivity contribution in [3.05, 3.63) is 54.2 Å². The lowest BCUT2D eigenvalue weighted by Gasteiger charge is -2.08. The van der Waals surface area contributed by atoms with Crippen molar-refractivity contribution in [2.24, 2.45) is 7.05 Å². The normalized spacial score (nSPS) is 15.8. The Morgan fingerprint density at radius 1 is 1.19 bits per heavy atom. The zero-order chi connectivity index (χ0) is 22.4. The first-order valence-electron chi connectivity index (χ1n) is 10.2. The number of aromatic nitrogens is 5. The fourth-order valence-corrected chi connectivity index (χ4v) is 3.81. The Morgan fingerprint density at radius 3 is 2.69 bits per heavy atom. The van der Waals surface area contributed by atoms with Gasteiger partial charge in [-0.25, -0.2) is 18.9 Å². The highest BCUT2D eigenvalue weighted by Gasteiger charge is 2.27. The fraction of sp³-hybridized carbons (Fsp3) is 0.227. The first kappa shape index (κ1) is 19.9. The quantitative estimate of drug-likeness (QED) is 0.514. The van der Waals surface area contributed by atoms with Crippen LogP contribution in [0.15, 0.2) is 42.6 Å². The highest BCUT2D eigenvalue weighted by atomic mass is 19.1. The lowest BCUT2D eigenvalue weighted by atomic mass is 10.1. The largest absolute Gasteiger partial charge is 0.344 e. The standard InChI is InChI=1S/C22H20FN7O2/c1-12-24-20(13-3-5-14(23)6-4-13)21(29(12)2)15-7-9-18-26-17(11-30(18)28-15)27-22(32)16-8-10-19(31)25-16/h3-7,9,11,16H,8,10H2,1-2H3,(H,25,31)(H,27,32). The van der Waals surface area contributed by atoms with Gasteiger partial charge in [-0.2, -0.15) is 5.10 Å². The van der Waals surface area contributed by atoms with Gasteiger partial charge in [0.1, 0.15) is 23.4 Å². The number of halogens is 1. The Balaban J connectivity index is 1.49. The molecule has 4 heterocycles. The molecule has 162 valence electrons. The number of nitrogens with zero attached hydrogens (tertiary/aromatic N) is 5. The van der Waals surface area contributed by atoms with Crippen LogP contribution in [-0.4, -0.2) is 42.0 Å². The maximum absolute atomic E-state index is 13.4. The van der Waals surface area contributed by atoms with E-state index in [1.807, 2.05) is 24.6 Å². The topological polar surface area (TPSA) is 106 Å². The molecule has 1 aliphatic rings. The maximum Gasteiger partial charge on any atom is 0.248 e. The van der Waals surface area contributed by atoms with E-state index in [2.05, 4.69) is 25.7 Å². The van der Waals surface area contributed by atoms with Crippen LogP contribution in [0.4, 0.5) is 10.2 Å². The second-order valence-corrected chi connectivity index (χ2v) is 7.72. The Bertz CT molecular complexity index is 1360. The molecule has 0 bridgehead atoms. The molecule has 0 saturated carbocycles. The number of carbonyl (C=O) groups excluding carboxylic acids is 2. The summed E-state index contributed by atoms with van der Waals surface area (Å²) in [6.45, 7) is 1.89. The van der Waals surface area contributed by atoms with Gasteiger partial charge in [0, 0.05) is 19.0 Å². The van der Waals surface area contributed by atoms with Gasteiger partial charge in [-0.1, -0.05) is 0 Å². The third-order valence-electron chi connectivity index (χ3n) is 5.56. The van der Waals surface area contributed by atoms with Crippen LogP contribution in [0.2, 0.25) is 0 Å². The number of hydrogen-bond donors (Lipinski definition) is 2. The minimum atomic E-state index is -0.550. The van der Waals surface area contributed by atoms with Gasteiger partial charge in [-0.3, -0.25) is 9.59 Å². The van der Waals surface area contributed by atoms with Gasteiger partial charge in [0.25, 0.3) is 0 Å². The van der Waals surface area contributed by atoms with E-state index in [9.17, 15) is 14.0 Å². The van der Waals surface area contributed by atoms with Crippen molar-refractivity contribution >= 4 is 23.3 Å². The summed E-state index contributed by atoms with van der Waals surface area (Å²) >= 11 is 0. The van der Waals surface area contributed by atoms with Crippen molar-refractivity contribution in [3.8, 4) is 22.6 Å². The highest BCUT2D eigenvalue weighted by molar-refractivity contribution is 5.98. The molecular formula is C22H20FN7O2. The first-order valence-corrected chi connectivity index (χ1v) is 10.2. The molecule has 1 atom stereocenters. The van der Waals surface area contributed by atoms with Crippen molar-refractivity contribution < 1.29 is 14.0 Å². The number of carbonyl (C=O) groups is 2. The molecule has 9 nitrogen and oxygen atoms in total. The summed E-state index contributed by atoms with van der Waals surface area (Å²) in [6, 6.07) is 9.25. The van der Waals surface area contributed by atoms with E-state index in [0.717, 1.165) is 17.1 Å².